The average Bonchev–Trinajstić information content (AvgIpc) is 3.23. The van der Waals surface area contributed by atoms with E-state index in [9.17, 15) is 24.6 Å². The van der Waals surface area contributed by atoms with Crippen LogP contribution in [0.1, 0.15) is 91.9 Å². The van der Waals surface area contributed by atoms with E-state index in [2.05, 4.69) is 0 Å². The Morgan fingerprint density at radius 1 is 0.871 bits per heavy atom. The fourth-order valence-corrected chi connectivity index (χ4v) is 4.96. The maximum Gasteiger partial charge on any atom is 0.309 e. The molecule has 0 bridgehead atoms. The third-order valence-electron chi connectivity index (χ3n) is 7.53. The summed E-state index contributed by atoms with van der Waals surface area (Å²) in [5, 5.41) is 18.6. The lowest BCUT2D eigenvalue weighted by Crippen LogP contribution is -2.24. The first-order chi connectivity index (χ1) is 14.5. The summed E-state index contributed by atoms with van der Waals surface area (Å²) in [4.78, 5) is 36.7. The number of aliphatic hydroxyl groups is 1. The molecule has 0 aromatic rings. The van der Waals surface area contributed by atoms with Crippen LogP contribution >= 0.6 is 0 Å². The first kappa shape index (κ1) is 25.8. The summed E-state index contributed by atoms with van der Waals surface area (Å²) in [7, 11) is 0. The van der Waals surface area contributed by atoms with Gasteiger partial charge in [-0.2, -0.15) is 0 Å². The van der Waals surface area contributed by atoms with Gasteiger partial charge in [-0.25, -0.2) is 0 Å². The van der Waals surface area contributed by atoms with Gasteiger partial charge in [-0.1, -0.05) is 38.8 Å². The Hall–Kier alpha value is -1.49. The number of ketones is 2. The summed E-state index contributed by atoms with van der Waals surface area (Å²) < 4.78 is 0. The molecule has 0 spiro atoms. The predicted molar refractivity (Wildman–Crippen MR) is 122 cm³/mol. The van der Waals surface area contributed by atoms with Gasteiger partial charge in [0, 0.05) is 30.3 Å². The SMILES string of the molecule is CC(C)(CO)CCCC1CCC(C=CC2CCC(CCCC(C)(C)C(=O)O)C2=O)C1=O. The van der Waals surface area contributed by atoms with Gasteiger partial charge in [-0.05, 0) is 70.6 Å². The molecule has 2 rings (SSSR count). The van der Waals surface area contributed by atoms with Crippen LogP contribution in [0.15, 0.2) is 12.2 Å². The number of allylic oxidation sites excluding steroid dienone is 2. The van der Waals surface area contributed by atoms with Crippen LogP contribution in [-0.4, -0.2) is 34.4 Å². The number of hydrogen-bond donors (Lipinski definition) is 2. The van der Waals surface area contributed by atoms with Crippen molar-refractivity contribution in [3.8, 4) is 0 Å². The third-order valence-corrected chi connectivity index (χ3v) is 7.53. The maximum absolute atomic E-state index is 12.7. The van der Waals surface area contributed by atoms with E-state index >= 15 is 0 Å². The van der Waals surface area contributed by atoms with Gasteiger partial charge in [-0.15, -0.1) is 0 Å². The summed E-state index contributed by atoms with van der Waals surface area (Å²) in [6.07, 6.45) is 12.3. The molecule has 2 aliphatic rings. The Morgan fingerprint density at radius 2 is 1.32 bits per heavy atom. The normalized spacial score (nSPS) is 27.5. The van der Waals surface area contributed by atoms with Crippen LogP contribution in [0.5, 0.6) is 0 Å². The molecule has 176 valence electrons. The van der Waals surface area contributed by atoms with Gasteiger partial charge in [0.05, 0.1) is 5.41 Å². The van der Waals surface area contributed by atoms with Crippen LogP contribution in [-0.2, 0) is 14.4 Å². The molecule has 2 N–H and O–H groups in total. The zero-order valence-corrected chi connectivity index (χ0v) is 19.9. The molecule has 5 nitrogen and oxygen atoms in total. The second-order valence-electron chi connectivity index (χ2n) is 11.2. The van der Waals surface area contributed by atoms with E-state index in [0.29, 0.717) is 12.2 Å². The van der Waals surface area contributed by atoms with E-state index in [-0.39, 0.29) is 41.5 Å². The average molecular weight is 435 g/mol. The van der Waals surface area contributed by atoms with Crippen molar-refractivity contribution >= 4 is 17.5 Å². The molecular weight excluding hydrogens is 392 g/mol. The van der Waals surface area contributed by atoms with Crippen molar-refractivity contribution in [2.75, 3.05) is 6.61 Å². The second kappa shape index (κ2) is 10.9. The standard InChI is InChI=1S/C26H42O5/c1-25(2,17-27)15-5-7-18-9-11-20(22(18)28)13-14-21-12-10-19(23(21)29)8-6-16-26(3,4)24(30)31/h13-14,18-21,27H,5-12,15-17H2,1-4H3,(H,30,31). The van der Waals surface area contributed by atoms with Crippen molar-refractivity contribution < 1.29 is 24.6 Å². The van der Waals surface area contributed by atoms with Crippen molar-refractivity contribution in [1.29, 1.82) is 0 Å². The quantitative estimate of drug-likeness (QED) is 0.412. The molecule has 0 aliphatic heterocycles. The lowest BCUT2D eigenvalue weighted by Gasteiger charge is -2.21. The molecule has 31 heavy (non-hydrogen) atoms. The largest absolute Gasteiger partial charge is 0.481 e. The summed E-state index contributed by atoms with van der Waals surface area (Å²) in [5.41, 5.74) is -0.822. The Morgan fingerprint density at radius 3 is 1.74 bits per heavy atom. The number of carboxylic acid groups (broad SMARTS) is 1. The van der Waals surface area contributed by atoms with E-state index in [1.807, 2.05) is 26.0 Å². The minimum atomic E-state index is -0.789. The number of carboxylic acids is 1. The van der Waals surface area contributed by atoms with Crippen molar-refractivity contribution in [1.82, 2.24) is 0 Å². The number of aliphatic carboxylic acids is 1. The molecule has 4 atom stereocenters. The van der Waals surface area contributed by atoms with Crippen molar-refractivity contribution in [2.24, 2.45) is 34.5 Å². The van der Waals surface area contributed by atoms with Crippen LogP contribution in [0.2, 0.25) is 0 Å². The highest BCUT2D eigenvalue weighted by Crippen LogP contribution is 2.36. The molecule has 2 fully saturated rings. The lowest BCUT2D eigenvalue weighted by molar-refractivity contribution is -0.147. The van der Waals surface area contributed by atoms with E-state index in [0.717, 1.165) is 57.8 Å². The summed E-state index contributed by atoms with van der Waals surface area (Å²) in [6, 6.07) is 0. The highest BCUT2D eigenvalue weighted by atomic mass is 16.4. The number of rotatable bonds is 12. The Bertz CT molecular complexity index is 675. The molecule has 0 amide bonds. The van der Waals surface area contributed by atoms with Crippen molar-refractivity contribution in [3.05, 3.63) is 12.2 Å². The number of aliphatic hydroxyl groups excluding tert-OH is 1. The molecule has 4 unspecified atom stereocenters. The highest BCUT2D eigenvalue weighted by Gasteiger charge is 2.35. The fraction of sp³-hybridized carbons (Fsp3) is 0.808. The zero-order chi connectivity index (χ0) is 23.2. The Balaban J connectivity index is 1.76. The van der Waals surface area contributed by atoms with Gasteiger partial charge in [0.1, 0.15) is 11.6 Å². The number of carbonyl (C=O) groups is 3. The fourth-order valence-electron chi connectivity index (χ4n) is 4.96. The van der Waals surface area contributed by atoms with Crippen molar-refractivity contribution in [3.63, 3.8) is 0 Å². The maximum atomic E-state index is 12.7. The van der Waals surface area contributed by atoms with Gasteiger partial charge >= 0.3 is 5.97 Å². The van der Waals surface area contributed by atoms with Crippen molar-refractivity contribution in [2.45, 2.75) is 91.9 Å². The molecule has 0 saturated heterocycles. The summed E-state index contributed by atoms with van der Waals surface area (Å²) in [6.45, 7) is 7.74. The lowest BCUT2D eigenvalue weighted by atomic mass is 9.85. The topological polar surface area (TPSA) is 91.7 Å². The molecule has 0 aromatic heterocycles. The zero-order valence-electron chi connectivity index (χ0n) is 19.9. The van der Waals surface area contributed by atoms with Crippen LogP contribution in [0.25, 0.3) is 0 Å². The van der Waals surface area contributed by atoms with Gasteiger partial charge < -0.3 is 10.2 Å². The van der Waals surface area contributed by atoms with E-state index in [1.54, 1.807) is 13.8 Å². The van der Waals surface area contributed by atoms with Crippen LogP contribution < -0.4 is 0 Å². The Labute approximate surface area is 187 Å². The minimum Gasteiger partial charge on any atom is -0.481 e. The van der Waals surface area contributed by atoms with E-state index in [4.69, 9.17) is 0 Å². The van der Waals surface area contributed by atoms with Gasteiger partial charge in [0.2, 0.25) is 0 Å². The van der Waals surface area contributed by atoms with Gasteiger partial charge in [0.15, 0.2) is 0 Å². The molecule has 2 saturated carbocycles. The monoisotopic (exact) mass is 434 g/mol. The third kappa shape index (κ3) is 7.27. The van der Waals surface area contributed by atoms with E-state index < -0.39 is 11.4 Å². The van der Waals surface area contributed by atoms with Gasteiger partial charge in [-0.3, -0.25) is 14.4 Å². The highest BCUT2D eigenvalue weighted by molar-refractivity contribution is 5.88. The number of carbonyl (C=O) groups excluding carboxylic acids is 2. The number of Topliss-reactive ketones (excluding diaryl/α,β-unsaturated/α-hetero) is 2. The van der Waals surface area contributed by atoms with Gasteiger partial charge in [0.25, 0.3) is 0 Å². The summed E-state index contributed by atoms with van der Waals surface area (Å²) in [5.74, 6) is -0.208. The van der Waals surface area contributed by atoms with Crippen LogP contribution in [0.4, 0.5) is 0 Å². The van der Waals surface area contributed by atoms with Crippen LogP contribution in [0, 0.1) is 34.5 Å². The Kier molecular flexibility index (Phi) is 9.05. The molecule has 0 aromatic carbocycles. The molecule has 2 aliphatic carbocycles. The number of hydrogen-bond acceptors (Lipinski definition) is 4. The molecule has 5 heteroatoms. The smallest absolute Gasteiger partial charge is 0.309 e. The minimum absolute atomic E-state index is 0.0288. The second-order valence-corrected chi connectivity index (χ2v) is 11.2. The van der Waals surface area contributed by atoms with Crippen LogP contribution in [0.3, 0.4) is 0 Å². The summed E-state index contributed by atoms with van der Waals surface area (Å²) >= 11 is 0. The molecule has 0 heterocycles. The predicted octanol–water partition coefficient (Wildman–Crippen LogP) is 5.20. The first-order valence-corrected chi connectivity index (χ1v) is 12.1. The first-order valence-electron chi connectivity index (χ1n) is 12.1. The van der Waals surface area contributed by atoms with E-state index in [1.165, 1.54) is 0 Å². The molecule has 0 radical (unpaired) electrons. The molecular formula is C26H42O5.